The van der Waals surface area contributed by atoms with Crippen LogP contribution in [0.5, 0.6) is 0 Å². The smallest absolute Gasteiger partial charge is 0.00145 e. The molecule has 0 N–H and O–H groups in total. The van der Waals surface area contributed by atoms with Crippen molar-refractivity contribution in [1.29, 1.82) is 0 Å². The summed E-state index contributed by atoms with van der Waals surface area (Å²) in [7, 11) is 0. The van der Waals surface area contributed by atoms with E-state index < -0.39 is 0 Å². The van der Waals surface area contributed by atoms with Gasteiger partial charge < -0.3 is 0 Å². The topological polar surface area (TPSA) is 0 Å². The Balaban J connectivity index is 2.46. The molecule has 1 aromatic carbocycles. The van der Waals surface area contributed by atoms with E-state index in [9.17, 15) is 0 Å². The zero-order chi connectivity index (χ0) is 7.52. The maximum absolute atomic E-state index is 3.18. The van der Waals surface area contributed by atoms with Gasteiger partial charge in [0.25, 0.3) is 0 Å². The van der Waals surface area contributed by atoms with Crippen LogP contribution < -0.4 is 0 Å². The fraction of sp³-hybridized carbons (Fsp3) is 0. The summed E-state index contributed by atoms with van der Waals surface area (Å²) in [5, 5.41) is 4.21. The van der Waals surface area contributed by atoms with E-state index in [1.54, 1.807) is 11.3 Å². The highest BCUT2D eigenvalue weighted by atomic mass is 32.1. The molecule has 2 rings (SSSR count). The second kappa shape index (κ2) is 2.89. The molecule has 0 saturated carbocycles. The molecule has 0 aliphatic heterocycles. The highest BCUT2D eigenvalue weighted by Crippen LogP contribution is 2.20. The molecule has 0 aliphatic carbocycles. The molecule has 0 bridgehead atoms. The molecule has 0 unspecified atom stereocenters. The van der Waals surface area contributed by atoms with Crippen LogP contribution in [0.2, 0.25) is 0 Å². The minimum atomic E-state index is 1.17. The van der Waals surface area contributed by atoms with Crippen LogP contribution in [0.1, 0.15) is 0 Å². The number of rotatable bonds is 1. The molecule has 0 fully saturated rings. The van der Waals surface area contributed by atoms with Gasteiger partial charge >= 0.3 is 0 Å². The minimum Gasteiger partial charge on any atom is -0.152 e. The van der Waals surface area contributed by atoms with E-state index in [4.69, 9.17) is 0 Å². The van der Waals surface area contributed by atoms with Gasteiger partial charge in [-0.15, -0.1) is 0 Å². The largest absolute Gasteiger partial charge is 0.152 e. The molecular formula is C10H7S. The predicted octanol–water partition coefficient (Wildman–Crippen LogP) is 3.22. The summed E-state index contributed by atoms with van der Waals surface area (Å²) in [5.74, 6) is 0. The Labute approximate surface area is 70.1 Å². The maximum atomic E-state index is 3.18. The lowest BCUT2D eigenvalue weighted by Crippen LogP contribution is -1.69. The predicted molar refractivity (Wildman–Crippen MR) is 48.6 cm³/mol. The summed E-state index contributed by atoms with van der Waals surface area (Å²) >= 11 is 1.71. The second-order valence-electron chi connectivity index (χ2n) is 2.29. The third-order valence-electron chi connectivity index (χ3n) is 1.54. The molecule has 53 valence electrons. The van der Waals surface area contributed by atoms with Crippen LogP contribution in [0.3, 0.4) is 0 Å². The molecule has 11 heavy (non-hydrogen) atoms. The van der Waals surface area contributed by atoms with Gasteiger partial charge in [0.2, 0.25) is 0 Å². The zero-order valence-corrected chi connectivity index (χ0v) is 6.77. The monoisotopic (exact) mass is 159 g/mol. The molecule has 1 heterocycles. The summed E-state index contributed by atoms with van der Waals surface area (Å²) in [4.78, 5) is 0. The average Bonchev–Trinajstić information content (AvgIpc) is 2.58. The molecule has 2 aromatic rings. The molecule has 0 spiro atoms. The highest BCUT2D eigenvalue weighted by Gasteiger charge is 1.94. The van der Waals surface area contributed by atoms with Gasteiger partial charge in [-0.2, -0.15) is 11.3 Å². The summed E-state index contributed by atoms with van der Waals surface area (Å²) in [6, 6.07) is 13.3. The quantitative estimate of drug-likeness (QED) is 0.599. The van der Waals surface area contributed by atoms with Crippen molar-refractivity contribution in [3.63, 3.8) is 0 Å². The van der Waals surface area contributed by atoms with E-state index in [0.29, 0.717) is 0 Å². The van der Waals surface area contributed by atoms with E-state index in [-0.39, 0.29) is 0 Å². The van der Waals surface area contributed by atoms with Crippen molar-refractivity contribution in [2.45, 2.75) is 0 Å². The molecule has 0 amide bonds. The van der Waals surface area contributed by atoms with E-state index in [1.807, 2.05) is 18.2 Å². The van der Waals surface area contributed by atoms with Crippen molar-refractivity contribution in [3.05, 3.63) is 47.2 Å². The fourth-order valence-corrected chi connectivity index (χ4v) is 1.65. The first-order chi connectivity index (χ1) is 5.47. The van der Waals surface area contributed by atoms with Crippen LogP contribution in [0.15, 0.2) is 41.1 Å². The Morgan fingerprint density at radius 3 is 2.82 bits per heavy atom. The highest BCUT2D eigenvalue weighted by molar-refractivity contribution is 7.08. The molecule has 1 heteroatoms. The number of thiophene rings is 1. The Hall–Kier alpha value is -1.08. The zero-order valence-electron chi connectivity index (χ0n) is 5.95. The van der Waals surface area contributed by atoms with Crippen LogP contribution in [-0.4, -0.2) is 0 Å². The van der Waals surface area contributed by atoms with Crippen LogP contribution in [0, 0.1) is 6.07 Å². The van der Waals surface area contributed by atoms with Crippen LogP contribution in [0.25, 0.3) is 11.1 Å². The third-order valence-corrected chi connectivity index (χ3v) is 2.22. The molecule has 0 aliphatic rings. The van der Waals surface area contributed by atoms with E-state index in [2.05, 4.69) is 29.0 Å². The Kier molecular flexibility index (Phi) is 1.74. The standard InChI is InChI=1S/C10H7S/c1-2-4-9(5-3-1)10-6-7-11-8-10/h1-4,6-8H. The van der Waals surface area contributed by atoms with Crippen molar-refractivity contribution in [3.8, 4) is 11.1 Å². The molecule has 1 aromatic heterocycles. The summed E-state index contributed by atoms with van der Waals surface area (Å²) in [6.07, 6.45) is 0. The summed E-state index contributed by atoms with van der Waals surface area (Å²) in [6.45, 7) is 0. The number of hydrogen-bond donors (Lipinski definition) is 0. The number of benzene rings is 1. The van der Waals surface area contributed by atoms with Gasteiger partial charge in [-0.25, -0.2) is 0 Å². The molecule has 1 radical (unpaired) electrons. The molecule has 0 saturated heterocycles. The van der Waals surface area contributed by atoms with Gasteiger partial charge in [-0.05, 0) is 34.0 Å². The third kappa shape index (κ3) is 1.33. The van der Waals surface area contributed by atoms with Gasteiger partial charge in [0.15, 0.2) is 0 Å². The first kappa shape index (κ1) is 6.62. The number of hydrogen-bond acceptors (Lipinski definition) is 1. The minimum absolute atomic E-state index is 1.17. The van der Waals surface area contributed by atoms with Gasteiger partial charge in [0.05, 0.1) is 0 Å². The van der Waals surface area contributed by atoms with Crippen molar-refractivity contribution >= 4 is 11.3 Å². The lowest BCUT2D eigenvalue weighted by atomic mass is 10.1. The second-order valence-corrected chi connectivity index (χ2v) is 3.07. The van der Waals surface area contributed by atoms with Gasteiger partial charge in [0.1, 0.15) is 0 Å². The first-order valence-electron chi connectivity index (χ1n) is 3.46. The summed E-state index contributed by atoms with van der Waals surface area (Å²) in [5.41, 5.74) is 2.43. The van der Waals surface area contributed by atoms with Crippen molar-refractivity contribution in [2.24, 2.45) is 0 Å². The van der Waals surface area contributed by atoms with E-state index in [0.717, 1.165) is 0 Å². The Morgan fingerprint density at radius 1 is 1.18 bits per heavy atom. The van der Waals surface area contributed by atoms with E-state index in [1.165, 1.54) is 11.1 Å². The van der Waals surface area contributed by atoms with E-state index >= 15 is 0 Å². The van der Waals surface area contributed by atoms with Gasteiger partial charge in [-0.1, -0.05) is 24.3 Å². The lowest BCUT2D eigenvalue weighted by molar-refractivity contribution is 1.66. The van der Waals surface area contributed by atoms with Crippen LogP contribution in [-0.2, 0) is 0 Å². The molecular weight excluding hydrogens is 152 g/mol. The van der Waals surface area contributed by atoms with Crippen molar-refractivity contribution in [2.75, 3.05) is 0 Å². The molecule has 0 nitrogen and oxygen atoms in total. The SMILES string of the molecule is [c]1ccccc1-c1ccsc1. The Bertz CT molecular complexity index is 308. The first-order valence-corrected chi connectivity index (χ1v) is 4.40. The normalized spacial score (nSPS) is 9.82. The van der Waals surface area contributed by atoms with Gasteiger partial charge in [0, 0.05) is 0 Å². The Morgan fingerprint density at radius 2 is 2.18 bits per heavy atom. The van der Waals surface area contributed by atoms with Crippen molar-refractivity contribution in [1.82, 2.24) is 0 Å². The summed E-state index contributed by atoms with van der Waals surface area (Å²) < 4.78 is 0. The van der Waals surface area contributed by atoms with Crippen molar-refractivity contribution < 1.29 is 0 Å². The maximum Gasteiger partial charge on any atom is -0.00145 e. The van der Waals surface area contributed by atoms with Crippen LogP contribution >= 0.6 is 11.3 Å². The molecule has 0 atom stereocenters. The van der Waals surface area contributed by atoms with Crippen LogP contribution in [0.4, 0.5) is 0 Å². The lowest BCUT2D eigenvalue weighted by Gasteiger charge is -1.92. The average molecular weight is 159 g/mol. The fourth-order valence-electron chi connectivity index (χ4n) is 0.991. The van der Waals surface area contributed by atoms with Gasteiger partial charge in [-0.3, -0.25) is 0 Å².